The zero-order valence-electron chi connectivity index (χ0n) is 23.8. The van der Waals surface area contributed by atoms with Crippen LogP contribution in [0.3, 0.4) is 0 Å². The van der Waals surface area contributed by atoms with Crippen LogP contribution in [0.5, 0.6) is 0 Å². The zero-order valence-corrected chi connectivity index (χ0v) is 24.6. The number of benzene rings is 3. The SMILES string of the molecule is Cc1ccc(C(=O)N(CCC(N)CF)C(c2nc(-c3cc(Cl)ccc3F)nn2Cc2ccccc2)C(C)(C)C)cc1. The summed E-state index contributed by atoms with van der Waals surface area (Å²) in [6.45, 7) is 7.80. The first-order chi connectivity index (χ1) is 19.5. The Kier molecular flexibility index (Phi) is 9.56. The molecule has 4 rings (SSSR count). The highest BCUT2D eigenvalue weighted by Crippen LogP contribution is 2.39. The van der Waals surface area contributed by atoms with E-state index in [1.165, 1.54) is 18.2 Å². The van der Waals surface area contributed by atoms with E-state index in [4.69, 9.17) is 27.4 Å². The summed E-state index contributed by atoms with van der Waals surface area (Å²) >= 11 is 6.21. The van der Waals surface area contributed by atoms with Gasteiger partial charge in [0.05, 0.1) is 18.2 Å². The van der Waals surface area contributed by atoms with Crippen LogP contribution in [0.15, 0.2) is 72.8 Å². The van der Waals surface area contributed by atoms with Crippen molar-refractivity contribution >= 4 is 17.5 Å². The molecule has 0 aliphatic heterocycles. The van der Waals surface area contributed by atoms with Crippen molar-refractivity contribution in [2.24, 2.45) is 11.1 Å². The van der Waals surface area contributed by atoms with Gasteiger partial charge >= 0.3 is 0 Å². The molecule has 3 aromatic carbocycles. The van der Waals surface area contributed by atoms with Crippen LogP contribution in [-0.2, 0) is 6.54 Å². The van der Waals surface area contributed by atoms with Crippen LogP contribution in [0.25, 0.3) is 11.4 Å². The topological polar surface area (TPSA) is 77.0 Å². The molecule has 0 saturated heterocycles. The van der Waals surface area contributed by atoms with Gasteiger partial charge in [-0.15, -0.1) is 0 Å². The minimum atomic E-state index is -0.720. The van der Waals surface area contributed by atoms with E-state index < -0.39 is 30.0 Å². The van der Waals surface area contributed by atoms with E-state index in [0.717, 1.165) is 11.1 Å². The third-order valence-corrected chi connectivity index (χ3v) is 7.15. The Morgan fingerprint density at radius 3 is 2.39 bits per heavy atom. The van der Waals surface area contributed by atoms with Crippen molar-refractivity contribution < 1.29 is 13.6 Å². The number of hydrogen-bond donors (Lipinski definition) is 1. The van der Waals surface area contributed by atoms with E-state index in [1.807, 2.05) is 70.2 Å². The molecule has 0 bridgehead atoms. The standard InChI is InChI=1S/C32H36ClF2N5O/c1-21-10-12-23(13-11-21)31(41)39(17-16-25(36)19-34)28(32(2,3)4)30-37-29(26-18-24(33)14-15-27(26)35)38-40(30)20-22-8-6-5-7-9-22/h5-15,18,25,28H,16-17,19-20,36H2,1-4H3. The summed E-state index contributed by atoms with van der Waals surface area (Å²) in [6.07, 6.45) is 0.253. The van der Waals surface area contributed by atoms with E-state index in [0.29, 0.717) is 23.0 Å². The summed E-state index contributed by atoms with van der Waals surface area (Å²) < 4.78 is 30.1. The Morgan fingerprint density at radius 2 is 1.76 bits per heavy atom. The highest BCUT2D eigenvalue weighted by Gasteiger charge is 2.39. The molecule has 1 heterocycles. The predicted molar refractivity (Wildman–Crippen MR) is 159 cm³/mol. The second kappa shape index (κ2) is 12.9. The quantitative estimate of drug-likeness (QED) is 0.219. The second-order valence-corrected chi connectivity index (χ2v) is 11.8. The Bertz CT molecular complexity index is 1470. The lowest BCUT2D eigenvalue weighted by Gasteiger charge is -2.40. The van der Waals surface area contributed by atoms with Gasteiger partial charge in [-0.2, -0.15) is 5.10 Å². The van der Waals surface area contributed by atoms with Crippen LogP contribution in [0.4, 0.5) is 8.78 Å². The number of alkyl halides is 1. The van der Waals surface area contributed by atoms with E-state index in [9.17, 15) is 13.6 Å². The molecule has 0 aliphatic rings. The van der Waals surface area contributed by atoms with Crippen molar-refractivity contribution in [3.63, 3.8) is 0 Å². The Labute approximate surface area is 245 Å². The molecule has 1 amide bonds. The molecule has 2 N–H and O–H groups in total. The predicted octanol–water partition coefficient (Wildman–Crippen LogP) is 7.01. The minimum absolute atomic E-state index is 0.161. The number of aryl methyl sites for hydroxylation is 1. The van der Waals surface area contributed by atoms with Gasteiger partial charge in [-0.05, 0) is 54.7 Å². The van der Waals surface area contributed by atoms with Crippen molar-refractivity contribution in [1.29, 1.82) is 0 Å². The van der Waals surface area contributed by atoms with Crippen LogP contribution in [0.1, 0.15) is 60.5 Å². The fraction of sp³-hybridized carbons (Fsp3) is 0.344. The number of carbonyl (C=O) groups is 1. The normalized spacial score (nSPS) is 13.2. The summed E-state index contributed by atoms with van der Waals surface area (Å²) in [6, 6.07) is 19.9. The number of carbonyl (C=O) groups excluding carboxylic acids is 1. The van der Waals surface area contributed by atoms with Gasteiger partial charge in [-0.3, -0.25) is 4.79 Å². The van der Waals surface area contributed by atoms with Gasteiger partial charge in [0.1, 0.15) is 12.5 Å². The van der Waals surface area contributed by atoms with Crippen molar-refractivity contribution in [2.45, 2.75) is 52.7 Å². The lowest BCUT2D eigenvalue weighted by atomic mass is 9.84. The lowest BCUT2D eigenvalue weighted by molar-refractivity contribution is 0.0469. The van der Waals surface area contributed by atoms with Gasteiger partial charge in [0.2, 0.25) is 0 Å². The molecule has 1 aromatic heterocycles. The second-order valence-electron chi connectivity index (χ2n) is 11.4. The molecule has 0 radical (unpaired) electrons. The highest BCUT2D eigenvalue weighted by atomic mass is 35.5. The highest BCUT2D eigenvalue weighted by molar-refractivity contribution is 6.30. The summed E-state index contributed by atoms with van der Waals surface area (Å²) in [5, 5.41) is 5.09. The third-order valence-electron chi connectivity index (χ3n) is 6.92. The maximum absolute atomic E-state index is 15.0. The van der Waals surface area contributed by atoms with E-state index in [2.05, 4.69) is 0 Å². The summed E-state index contributed by atoms with van der Waals surface area (Å²) in [7, 11) is 0. The average molecular weight is 580 g/mol. The monoisotopic (exact) mass is 579 g/mol. The Morgan fingerprint density at radius 1 is 1.07 bits per heavy atom. The molecule has 2 unspecified atom stereocenters. The molecule has 2 atom stereocenters. The smallest absolute Gasteiger partial charge is 0.254 e. The molecule has 0 fully saturated rings. The number of hydrogen-bond acceptors (Lipinski definition) is 4. The van der Waals surface area contributed by atoms with E-state index >= 15 is 0 Å². The fourth-order valence-electron chi connectivity index (χ4n) is 4.80. The molecule has 0 saturated carbocycles. The summed E-state index contributed by atoms with van der Waals surface area (Å²) in [4.78, 5) is 20.7. The lowest BCUT2D eigenvalue weighted by Crippen LogP contribution is -2.44. The van der Waals surface area contributed by atoms with Crippen LogP contribution in [0.2, 0.25) is 5.02 Å². The van der Waals surface area contributed by atoms with Crippen LogP contribution >= 0.6 is 11.6 Å². The van der Waals surface area contributed by atoms with Crippen molar-refractivity contribution in [1.82, 2.24) is 19.7 Å². The number of aromatic nitrogens is 3. The average Bonchev–Trinajstić information content (AvgIpc) is 3.34. The number of amides is 1. The minimum Gasteiger partial charge on any atom is -0.328 e. The first-order valence-electron chi connectivity index (χ1n) is 13.6. The Hall–Kier alpha value is -3.62. The van der Waals surface area contributed by atoms with Crippen LogP contribution < -0.4 is 5.73 Å². The molecule has 216 valence electrons. The largest absolute Gasteiger partial charge is 0.328 e. The van der Waals surface area contributed by atoms with E-state index in [1.54, 1.807) is 21.7 Å². The molecule has 0 aliphatic carbocycles. The van der Waals surface area contributed by atoms with Crippen LogP contribution in [0, 0.1) is 18.2 Å². The maximum atomic E-state index is 15.0. The summed E-state index contributed by atoms with van der Waals surface area (Å²) in [5.41, 5.74) is 8.06. The van der Waals surface area contributed by atoms with Gasteiger partial charge in [-0.1, -0.05) is 80.4 Å². The molecule has 0 spiro atoms. The number of halogens is 3. The number of rotatable bonds is 10. The summed E-state index contributed by atoms with van der Waals surface area (Å²) in [5.74, 6) is -0.106. The fourth-order valence-corrected chi connectivity index (χ4v) is 4.97. The first kappa shape index (κ1) is 30.3. The number of nitrogens with two attached hydrogens (primary N) is 1. The molecule has 4 aromatic rings. The first-order valence-corrected chi connectivity index (χ1v) is 14.0. The molecule has 6 nitrogen and oxygen atoms in total. The molecule has 9 heteroatoms. The van der Waals surface area contributed by atoms with Crippen molar-refractivity contribution in [2.75, 3.05) is 13.2 Å². The Balaban J connectivity index is 1.90. The zero-order chi connectivity index (χ0) is 29.7. The van der Waals surface area contributed by atoms with Crippen molar-refractivity contribution in [3.05, 3.63) is 106 Å². The van der Waals surface area contributed by atoms with Gasteiger partial charge < -0.3 is 10.6 Å². The van der Waals surface area contributed by atoms with Gasteiger partial charge in [-0.25, -0.2) is 18.4 Å². The third kappa shape index (κ3) is 7.37. The van der Waals surface area contributed by atoms with E-state index in [-0.39, 0.29) is 30.3 Å². The van der Waals surface area contributed by atoms with Gasteiger partial charge in [0, 0.05) is 23.2 Å². The molecular weight excluding hydrogens is 544 g/mol. The molecule has 41 heavy (non-hydrogen) atoms. The van der Waals surface area contributed by atoms with Crippen molar-refractivity contribution in [3.8, 4) is 11.4 Å². The van der Waals surface area contributed by atoms with Crippen LogP contribution in [-0.4, -0.2) is 44.8 Å². The number of nitrogens with zero attached hydrogens (tertiary/aromatic N) is 4. The van der Waals surface area contributed by atoms with Gasteiger partial charge in [0.15, 0.2) is 11.6 Å². The molecular formula is C32H36ClF2N5O. The van der Waals surface area contributed by atoms with Gasteiger partial charge in [0.25, 0.3) is 5.91 Å². The maximum Gasteiger partial charge on any atom is 0.254 e.